The molecule has 0 bridgehead atoms. The third-order valence-electron chi connectivity index (χ3n) is 2.34. The smallest absolute Gasteiger partial charge is 0.305 e. The highest BCUT2D eigenvalue weighted by atomic mass is 16.5. The lowest BCUT2D eigenvalue weighted by Crippen LogP contribution is -2.14. The van der Waals surface area contributed by atoms with E-state index in [1.165, 1.54) is 0 Å². The lowest BCUT2D eigenvalue weighted by Gasteiger charge is -2.13. The number of carbonyl (C=O) groups is 1. The molecular weight excluding hydrogens is 178 g/mol. The van der Waals surface area contributed by atoms with Gasteiger partial charge in [0.05, 0.1) is 6.61 Å². The molecule has 1 unspecified atom stereocenters. The van der Waals surface area contributed by atoms with Gasteiger partial charge in [-0.1, -0.05) is 26.7 Å². The maximum atomic E-state index is 11.1. The molecule has 14 heavy (non-hydrogen) atoms. The van der Waals surface area contributed by atoms with Crippen molar-refractivity contribution < 1.29 is 9.53 Å². The van der Waals surface area contributed by atoms with E-state index in [0.29, 0.717) is 25.5 Å². The van der Waals surface area contributed by atoms with Crippen LogP contribution in [-0.2, 0) is 9.53 Å². The van der Waals surface area contributed by atoms with Crippen LogP contribution in [0.5, 0.6) is 0 Å². The molecule has 0 heterocycles. The molecule has 0 aliphatic rings. The highest BCUT2D eigenvalue weighted by Gasteiger charge is 2.08. The van der Waals surface area contributed by atoms with E-state index in [1.54, 1.807) is 0 Å². The molecule has 0 aromatic heterocycles. The Balaban J connectivity index is 3.52. The fourth-order valence-corrected chi connectivity index (χ4v) is 1.34. The van der Waals surface area contributed by atoms with E-state index in [1.807, 2.05) is 0 Å². The van der Waals surface area contributed by atoms with Crippen molar-refractivity contribution in [1.29, 1.82) is 0 Å². The van der Waals surface area contributed by atoms with Crippen LogP contribution >= 0.6 is 0 Å². The van der Waals surface area contributed by atoms with Gasteiger partial charge in [0, 0.05) is 6.42 Å². The summed E-state index contributed by atoms with van der Waals surface area (Å²) in [5, 5.41) is 0. The third kappa shape index (κ3) is 6.89. The van der Waals surface area contributed by atoms with E-state index < -0.39 is 0 Å². The topological polar surface area (TPSA) is 52.3 Å². The second-order valence-electron chi connectivity index (χ2n) is 3.64. The lowest BCUT2D eigenvalue weighted by molar-refractivity contribution is -0.145. The van der Waals surface area contributed by atoms with Crippen molar-refractivity contribution in [2.75, 3.05) is 13.2 Å². The maximum Gasteiger partial charge on any atom is 0.305 e. The maximum absolute atomic E-state index is 11.1. The zero-order valence-electron chi connectivity index (χ0n) is 9.42. The molecule has 0 fully saturated rings. The van der Waals surface area contributed by atoms with Gasteiger partial charge >= 0.3 is 5.97 Å². The zero-order chi connectivity index (χ0) is 10.8. The average molecular weight is 201 g/mol. The van der Waals surface area contributed by atoms with Crippen LogP contribution in [0.1, 0.15) is 46.0 Å². The van der Waals surface area contributed by atoms with Crippen LogP contribution in [0.3, 0.4) is 0 Å². The van der Waals surface area contributed by atoms with Gasteiger partial charge in [0.2, 0.25) is 0 Å². The fourth-order valence-electron chi connectivity index (χ4n) is 1.34. The van der Waals surface area contributed by atoms with Gasteiger partial charge in [0.25, 0.3) is 0 Å². The Kier molecular flexibility index (Phi) is 8.64. The standard InChI is InChI=1S/C11H23NO2/c1-3-6-10(4-2)9-14-11(13)7-5-8-12/h10H,3-9,12H2,1-2H3. The molecule has 0 aliphatic heterocycles. The van der Waals surface area contributed by atoms with Gasteiger partial charge in [-0.15, -0.1) is 0 Å². The van der Waals surface area contributed by atoms with Gasteiger partial charge in [-0.05, 0) is 25.3 Å². The van der Waals surface area contributed by atoms with Crippen molar-refractivity contribution >= 4 is 5.97 Å². The number of ether oxygens (including phenoxy) is 1. The minimum absolute atomic E-state index is 0.106. The van der Waals surface area contributed by atoms with Crippen molar-refractivity contribution in [1.82, 2.24) is 0 Å². The van der Waals surface area contributed by atoms with Gasteiger partial charge in [-0.25, -0.2) is 0 Å². The van der Waals surface area contributed by atoms with E-state index in [4.69, 9.17) is 10.5 Å². The number of esters is 1. The first kappa shape index (κ1) is 13.4. The Hall–Kier alpha value is -0.570. The lowest BCUT2D eigenvalue weighted by atomic mass is 10.0. The van der Waals surface area contributed by atoms with Crippen molar-refractivity contribution in [3.8, 4) is 0 Å². The number of hydrogen-bond donors (Lipinski definition) is 1. The SMILES string of the molecule is CCCC(CC)COC(=O)CCCN. The van der Waals surface area contributed by atoms with Crippen LogP contribution in [-0.4, -0.2) is 19.1 Å². The summed E-state index contributed by atoms with van der Waals surface area (Å²) in [5.41, 5.74) is 5.30. The molecule has 0 saturated heterocycles. The first-order valence-electron chi connectivity index (χ1n) is 5.60. The van der Waals surface area contributed by atoms with Crippen LogP contribution in [0.15, 0.2) is 0 Å². The Morgan fingerprint density at radius 2 is 2.14 bits per heavy atom. The van der Waals surface area contributed by atoms with Gasteiger partial charge in [-0.2, -0.15) is 0 Å². The first-order chi connectivity index (χ1) is 6.74. The summed E-state index contributed by atoms with van der Waals surface area (Å²) in [4.78, 5) is 11.1. The van der Waals surface area contributed by atoms with Gasteiger partial charge in [0.1, 0.15) is 0 Å². The van der Waals surface area contributed by atoms with Crippen LogP contribution in [0, 0.1) is 5.92 Å². The van der Waals surface area contributed by atoms with Crippen molar-refractivity contribution in [2.45, 2.75) is 46.0 Å². The van der Waals surface area contributed by atoms with Crippen LogP contribution in [0.25, 0.3) is 0 Å². The number of rotatable bonds is 8. The Morgan fingerprint density at radius 1 is 1.43 bits per heavy atom. The van der Waals surface area contributed by atoms with E-state index in [-0.39, 0.29) is 5.97 Å². The molecule has 84 valence electrons. The molecule has 0 aromatic carbocycles. The van der Waals surface area contributed by atoms with Gasteiger partial charge in [0.15, 0.2) is 0 Å². The Morgan fingerprint density at radius 3 is 2.64 bits per heavy atom. The normalized spacial score (nSPS) is 12.5. The van der Waals surface area contributed by atoms with Crippen molar-refractivity contribution in [2.24, 2.45) is 11.7 Å². The molecule has 3 heteroatoms. The molecule has 2 N–H and O–H groups in total. The summed E-state index contributed by atoms with van der Waals surface area (Å²) in [5.74, 6) is 0.423. The summed E-state index contributed by atoms with van der Waals surface area (Å²) in [7, 11) is 0. The van der Waals surface area contributed by atoms with E-state index in [9.17, 15) is 4.79 Å². The molecule has 0 spiro atoms. The monoisotopic (exact) mass is 201 g/mol. The quantitative estimate of drug-likeness (QED) is 0.612. The van der Waals surface area contributed by atoms with E-state index in [2.05, 4.69) is 13.8 Å². The predicted molar refractivity (Wildman–Crippen MR) is 57.9 cm³/mol. The fraction of sp³-hybridized carbons (Fsp3) is 0.909. The summed E-state index contributed by atoms with van der Waals surface area (Å²) >= 11 is 0. The zero-order valence-corrected chi connectivity index (χ0v) is 9.42. The minimum atomic E-state index is -0.106. The summed E-state index contributed by atoms with van der Waals surface area (Å²) in [6.45, 7) is 5.42. The second kappa shape index (κ2) is 9.00. The number of hydrogen-bond acceptors (Lipinski definition) is 3. The molecule has 0 amide bonds. The van der Waals surface area contributed by atoms with Crippen LogP contribution in [0.4, 0.5) is 0 Å². The molecule has 0 saturated carbocycles. The molecule has 0 radical (unpaired) electrons. The van der Waals surface area contributed by atoms with Crippen molar-refractivity contribution in [3.63, 3.8) is 0 Å². The highest BCUT2D eigenvalue weighted by molar-refractivity contribution is 5.69. The summed E-state index contributed by atoms with van der Waals surface area (Å²) in [6.07, 6.45) is 4.56. The van der Waals surface area contributed by atoms with E-state index in [0.717, 1.165) is 25.7 Å². The highest BCUT2D eigenvalue weighted by Crippen LogP contribution is 2.11. The molecule has 1 atom stereocenters. The average Bonchev–Trinajstić information content (AvgIpc) is 2.21. The number of carbonyl (C=O) groups excluding carboxylic acids is 1. The van der Waals surface area contributed by atoms with Crippen molar-refractivity contribution in [3.05, 3.63) is 0 Å². The van der Waals surface area contributed by atoms with Crippen LogP contribution < -0.4 is 5.73 Å². The molecular formula is C11H23NO2. The van der Waals surface area contributed by atoms with Gasteiger partial charge in [-0.3, -0.25) is 4.79 Å². The third-order valence-corrected chi connectivity index (χ3v) is 2.34. The molecule has 3 nitrogen and oxygen atoms in total. The Bertz CT molecular complexity index is 148. The first-order valence-corrected chi connectivity index (χ1v) is 5.60. The largest absolute Gasteiger partial charge is 0.465 e. The predicted octanol–water partition coefficient (Wildman–Crippen LogP) is 2.09. The van der Waals surface area contributed by atoms with Gasteiger partial charge < -0.3 is 10.5 Å². The molecule has 0 aliphatic carbocycles. The number of nitrogens with two attached hydrogens (primary N) is 1. The Labute approximate surface area is 87.0 Å². The van der Waals surface area contributed by atoms with E-state index >= 15 is 0 Å². The second-order valence-corrected chi connectivity index (χ2v) is 3.64. The molecule has 0 aromatic rings. The van der Waals surface area contributed by atoms with Crippen LogP contribution in [0.2, 0.25) is 0 Å². The molecule has 0 rings (SSSR count). The summed E-state index contributed by atoms with van der Waals surface area (Å²) < 4.78 is 5.16. The summed E-state index contributed by atoms with van der Waals surface area (Å²) in [6, 6.07) is 0. The minimum Gasteiger partial charge on any atom is -0.465 e.